The molecular weight excluding hydrogens is 276 g/mol. The van der Waals surface area contributed by atoms with Crippen molar-refractivity contribution in [1.29, 1.82) is 0 Å². The number of rotatable bonds is 2. The zero-order chi connectivity index (χ0) is 17.5. The van der Waals surface area contributed by atoms with Crippen molar-refractivity contribution < 1.29 is 0 Å². The van der Waals surface area contributed by atoms with E-state index < -0.39 is 0 Å². The fraction of sp³-hybridized carbons (Fsp3) is 0.217. The van der Waals surface area contributed by atoms with Gasteiger partial charge in [0.15, 0.2) is 0 Å². The van der Waals surface area contributed by atoms with Gasteiger partial charge in [-0.1, -0.05) is 108 Å². The minimum absolute atomic E-state index is 1.20. The van der Waals surface area contributed by atoms with E-state index >= 15 is 0 Å². The molecule has 0 aliphatic carbocycles. The lowest BCUT2D eigenvalue weighted by Gasteiger charge is -1.90. The summed E-state index contributed by atoms with van der Waals surface area (Å²) in [5.41, 5.74) is 5.18. The van der Waals surface area contributed by atoms with Crippen LogP contribution in [0.25, 0.3) is 0 Å². The van der Waals surface area contributed by atoms with E-state index in [1.807, 2.05) is 56.4 Å². The van der Waals surface area contributed by atoms with Gasteiger partial charge in [-0.25, -0.2) is 0 Å². The van der Waals surface area contributed by atoms with Crippen LogP contribution in [-0.4, -0.2) is 0 Å². The lowest BCUT2D eigenvalue weighted by molar-refractivity contribution is 1.40. The highest BCUT2D eigenvalue weighted by Gasteiger charge is 1.79. The normalized spacial score (nSPS) is 10.2. The van der Waals surface area contributed by atoms with Crippen LogP contribution in [0.5, 0.6) is 0 Å². The molecule has 0 radical (unpaired) electrons. The van der Waals surface area contributed by atoms with Gasteiger partial charge in [0.1, 0.15) is 0 Å². The number of hydrogen-bond acceptors (Lipinski definition) is 0. The van der Waals surface area contributed by atoms with Gasteiger partial charge in [-0.05, 0) is 34.6 Å². The van der Waals surface area contributed by atoms with Crippen molar-refractivity contribution in [1.82, 2.24) is 0 Å². The van der Waals surface area contributed by atoms with Gasteiger partial charge in [0.05, 0.1) is 0 Å². The summed E-state index contributed by atoms with van der Waals surface area (Å²) in [6, 6.07) is 18.7. The molecule has 0 atom stereocenters. The van der Waals surface area contributed by atoms with Crippen LogP contribution < -0.4 is 0 Å². The van der Waals surface area contributed by atoms with Crippen molar-refractivity contribution >= 4 is 0 Å². The average molecular weight is 306 g/mol. The summed E-state index contributed by atoms with van der Waals surface area (Å²) < 4.78 is 0. The second-order valence-electron chi connectivity index (χ2n) is 5.45. The second kappa shape index (κ2) is 13.3. The van der Waals surface area contributed by atoms with Gasteiger partial charge in [-0.3, -0.25) is 0 Å². The Morgan fingerprint density at radius 3 is 1.52 bits per heavy atom. The minimum Gasteiger partial charge on any atom is -0.0988 e. The molecule has 0 saturated carbocycles. The second-order valence-corrected chi connectivity index (χ2v) is 5.45. The Bertz CT molecular complexity index is 563. The zero-order valence-electron chi connectivity index (χ0n) is 15.2. The van der Waals surface area contributed by atoms with Crippen molar-refractivity contribution in [2.24, 2.45) is 0 Å². The van der Waals surface area contributed by atoms with E-state index in [2.05, 4.69) is 63.7 Å². The van der Waals surface area contributed by atoms with E-state index in [9.17, 15) is 0 Å². The van der Waals surface area contributed by atoms with Crippen molar-refractivity contribution in [3.63, 3.8) is 0 Å². The van der Waals surface area contributed by atoms with Crippen LogP contribution in [0, 0.1) is 20.8 Å². The van der Waals surface area contributed by atoms with E-state index in [1.165, 1.54) is 22.3 Å². The van der Waals surface area contributed by atoms with E-state index in [0.717, 1.165) is 0 Å². The Morgan fingerprint density at radius 2 is 1.22 bits per heavy atom. The van der Waals surface area contributed by atoms with Crippen LogP contribution in [0.15, 0.2) is 91.1 Å². The average Bonchev–Trinajstić information content (AvgIpc) is 2.57. The predicted octanol–water partition coefficient (Wildman–Crippen LogP) is 6.99. The monoisotopic (exact) mass is 306 g/mol. The van der Waals surface area contributed by atoms with Crippen molar-refractivity contribution in [3.8, 4) is 0 Å². The number of benzene rings is 2. The van der Waals surface area contributed by atoms with Crippen LogP contribution in [0.1, 0.15) is 30.5 Å². The summed E-state index contributed by atoms with van der Waals surface area (Å²) in [6.07, 6.45) is 7.84. The van der Waals surface area contributed by atoms with Gasteiger partial charge in [0, 0.05) is 0 Å². The van der Waals surface area contributed by atoms with Gasteiger partial charge in [-0.15, -0.1) is 0 Å². The van der Waals surface area contributed by atoms with Gasteiger partial charge >= 0.3 is 0 Å². The highest BCUT2D eigenvalue weighted by atomic mass is 13.9. The van der Waals surface area contributed by atoms with Gasteiger partial charge < -0.3 is 0 Å². The van der Waals surface area contributed by atoms with Gasteiger partial charge in [-0.2, -0.15) is 0 Å². The predicted molar refractivity (Wildman–Crippen MR) is 106 cm³/mol. The van der Waals surface area contributed by atoms with Crippen LogP contribution in [0.2, 0.25) is 0 Å². The quantitative estimate of drug-likeness (QED) is 0.524. The Labute approximate surface area is 142 Å². The molecule has 0 unspecified atom stereocenters. The standard InChI is InChI=1S/C8H10.C8H12.C7H8/c1-7-3-5-8(2)6-4-7;1-4-6-7-8(3)5-2;1-7-5-3-2-4-6-7/h3-6H,1-2H3;4-7H,2H2,1,3H3;2-6H,1H3/b;6-4-,8-7-;. The van der Waals surface area contributed by atoms with E-state index in [0.29, 0.717) is 0 Å². The molecule has 0 heterocycles. The first-order chi connectivity index (χ1) is 11.0. The maximum Gasteiger partial charge on any atom is -0.0398 e. The van der Waals surface area contributed by atoms with E-state index in [-0.39, 0.29) is 0 Å². The van der Waals surface area contributed by atoms with Crippen molar-refractivity contribution in [2.45, 2.75) is 34.6 Å². The smallest absolute Gasteiger partial charge is 0.0398 e. The molecule has 0 heteroatoms. The largest absolute Gasteiger partial charge is 0.0988 e. The Hall–Kier alpha value is -2.34. The molecule has 0 bridgehead atoms. The lowest BCUT2D eigenvalue weighted by atomic mass is 10.2. The van der Waals surface area contributed by atoms with Gasteiger partial charge in [0.2, 0.25) is 0 Å². The maximum atomic E-state index is 3.61. The summed E-state index contributed by atoms with van der Waals surface area (Å²) in [6.45, 7) is 13.9. The summed E-state index contributed by atoms with van der Waals surface area (Å²) >= 11 is 0. The SMILES string of the molecule is C=C/C(C)=C\C=C/C.Cc1ccc(C)cc1.Cc1ccccc1. The first kappa shape index (κ1) is 20.7. The molecule has 0 fully saturated rings. The Balaban J connectivity index is 0.000000316. The molecule has 0 aromatic heterocycles. The summed E-state index contributed by atoms with van der Waals surface area (Å²) in [7, 11) is 0. The fourth-order valence-electron chi connectivity index (χ4n) is 1.49. The molecule has 2 aromatic rings. The molecule has 0 aliphatic rings. The van der Waals surface area contributed by atoms with Crippen molar-refractivity contribution in [3.05, 3.63) is 108 Å². The first-order valence-corrected chi connectivity index (χ1v) is 7.96. The molecule has 0 nitrogen and oxygen atoms in total. The zero-order valence-corrected chi connectivity index (χ0v) is 15.2. The molecule has 0 saturated heterocycles. The third-order valence-corrected chi connectivity index (χ3v) is 3.03. The fourth-order valence-corrected chi connectivity index (χ4v) is 1.49. The highest BCUT2D eigenvalue weighted by molar-refractivity contribution is 5.20. The van der Waals surface area contributed by atoms with Crippen LogP contribution in [0.4, 0.5) is 0 Å². The minimum atomic E-state index is 1.20. The molecule has 23 heavy (non-hydrogen) atoms. The molecule has 0 N–H and O–H groups in total. The number of hydrogen-bond donors (Lipinski definition) is 0. The number of aryl methyl sites for hydroxylation is 3. The Kier molecular flexibility index (Phi) is 12.0. The maximum absolute atomic E-state index is 3.61. The molecule has 0 aliphatic heterocycles. The van der Waals surface area contributed by atoms with Crippen LogP contribution in [-0.2, 0) is 0 Å². The first-order valence-electron chi connectivity index (χ1n) is 7.96. The molecule has 0 amide bonds. The van der Waals surface area contributed by atoms with Crippen LogP contribution >= 0.6 is 0 Å². The lowest BCUT2D eigenvalue weighted by Crippen LogP contribution is -1.70. The third-order valence-electron chi connectivity index (χ3n) is 3.03. The molecule has 122 valence electrons. The van der Waals surface area contributed by atoms with Crippen LogP contribution in [0.3, 0.4) is 0 Å². The topological polar surface area (TPSA) is 0 Å². The molecule has 2 aromatic carbocycles. The van der Waals surface area contributed by atoms with Crippen molar-refractivity contribution in [2.75, 3.05) is 0 Å². The summed E-state index contributed by atoms with van der Waals surface area (Å²) in [4.78, 5) is 0. The molecule has 2 rings (SSSR count). The summed E-state index contributed by atoms with van der Waals surface area (Å²) in [5, 5.41) is 0. The Morgan fingerprint density at radius 1 is 0.783 bits per heavy atom. The van der Waals surface area contributed by atoms with E-state index in [1.54, 1.807) is 0 Å². The van der Waals surface area contributed by atoms with E-state index in [4.69, 9.17) is 0 Å². The number of allylic oxidation sites excluding steroid dienone is 5. The molecule has 0 spiro atoms. The van der Waals surface area contributed by atoms with Gasteiger partial charge in [0.25, 0.3) is 0 Å². The highest BCUT2D eigenvalue weighted by Crippen LogP contribution is 1.99. The molecular formula is C23H30. The summed E-state index contributed by atoms with van der Waals surface area (Å²) in [5.74, 6) is 0. The third kappa shape index (κ3) is 13.1.